The van der Waals surface area contributed by atoms with Crippen LogP contribution in [0.2, 0.25) is 0 Å². The van der Waals surface area contributed by atoms with Crippen LogP contribution in [0.25, 0.3) is 0 Å². The smallest absolute Gasteiger partial charge is 0.119 e. The topological polar surface area (TPSA) is 9.23 Å². The first-order chi connectivity index (χ1) is 14.6. The number of hydrogen-bond donors (Lipinski definition) is 0. The predicted octanol–water partition coefficient (Wildman–Crippen LogP) is 10.0. The summed E-state index contributed by atoms with van der Waals surface area (Å²) >= 11 is 22.3. The SMILES string of the molecule is CSC1=C(SC)SC(=C2SC(SC)=C(SCCOc3cc(CBr)cc(CBr)c3)S2)S1. The van der Waals surface area contributed by atoms with Gasteiger partial charge in [0.05, 0.1) is 32.0 Å². The lowest BCUT2D eigenvalue weighted by atomic mass is 10.1. The molecule has 1 nitrogen and oxygen atoms in total. The third kappa shape index (κ3) is 7.25. The summed E-state index contributed by atoms with van der Waals surface area (Å²) in [6, 6.07) is 6.44. The molecule has 11 heteroatoms. The summed E-state index contributed by atoms with van der Waals surface area (Å²) in [6.07, 6.45) is 6.51. The van der Waals surface area contributed by atoms with Crippen molar-refractivity contribution in [3.63, 3.8) is 0 Å². The predicted molar refractivity (Wildman–Crippen MR) is 162 cm³/mol. The Hall–Kier alpha value is 2.00. The first-order valence-electron chi connectivity index (χ1n) is 8.68. The fourth-order valence-corrected chi connectivity index (χ4v) is 13.7. The van der Waals surface area contributed by atoms with Crippen LogP contribution < -0.4 is 4.74 Å². The molecule has 2 aliphatic rings. The molecule has 1 aromatic rings. The summed E-state index contributed by atoms with van der Waals surface area (Å²) in [5.74, 6) is 1.90. The Bertz CT molecular complexity index is 828. The van der Waals surface area contributed by atoms with Crippen LogP contribution in [0.3, 0.4) is 0 Å². The molecule has 1 aromatic carbocycles. The molecule has 2 heterocycles. The zero-order valence-corrected chi connectivity index (χ0v) is 26.2. The van der Waals surface area contributed by atoms with E-state index in [2.05, 4.69) is 68.8 Å². The molecule has 0 bridgehead atoms. The molecule has 0 N–H and O–H groups in total. The molecule has 0 aliphatic carbocycles. The van der Waals surface area contributed by atoms with Gasteiger partial charge < -0.3 is 4.74 Å². The highest BCUT2D eigenvalue weighted by Gasteiger charge is 2.29. The number of rotatable bonds is 10. The van der Waals surface area contributed by atoms with Crippen LogP contribution in [-0.4, -0.2) is 31.1 Å². The largest absolute Gasteiger partial charge is 0.493 e. The second-order valence-corrected chi connectivity index (χ2v) is 16.0. The number of hydrogen-bond acceptors (Lipinski definition) is 9. The number of ether oxygens (including phenoxy) is 1. The molecule has 0 fully saturated rings. The Morgan fingerprint density at radius 3 is 1.67 bits per heavy atom. The molecular weight excluding hydrogens is 661 g/mol. The van der Waals surface area contributed by atoms with Crippen molar-refractivity contribution in [2.45, 2.75) is 10.7 Å². The van der Waals surface area contributed by atoms with Gasteiger partial charge in [0.25, 0.3) is 0 Å². The van der Waals surface area contributed by atoms with Gasteiger partial charge in [-0.3, -0.25) is 0 Å². The average Bonchev–Trinajstić information content (AvgIpc) is 3.39. The van der Waals surface area contributed by atoms with E-state index in [0.717, 1.165) is 22.2 Å². The minimum absolute atomic E-state index is 0.707. The highest BCUT2D eigenvalue weighted by atomic mass is 79.9. The van der Waals surface area contributed by atoms with Gasteiger partial charge in [0.2, 0.25) is 0 Å². The van der Waals surface area contributed by atoms with E-state index in [1.807, 2.05) is 94.1 Å². The zero-order chi connectivity index (χ0) is 21.5. The van der Waals surface area contributed by atoms with Crippen LogP contribution in [0.15, 0.2) is 43.6 Å². The summed E-state index contributed by atoms with van der Waals surface area (Å²) in [4.78, 5) is 0. The Morgan fingerprint density at radius 1 is 0.733 bits per heavy atom. The van der Waals surface area contributed by atoms with Crippen LogP contribution in [-0.2, 0) is 10.7 Å². The van der Waals surface area contributed by atoms with Crippen LogP contribution in [0.4, 0.5) is 0 Å². The van der Waals surface area contributed by atoms with Crippen LogP contribution in [0.1, 0.15) is 11.1 Å². The number of thioether (sulfide) groups is 8. The monoisotopic (exact) mass is 678 g/mol. The molecule has 0 unspecified atom stereocenters. The van der Waals surface area contributed by atoms with Crippen molar-refractivity contribution in [1.82, 2.24) is 0 Å². The van der Waals surface area contributed by atoms with Crippen molar-refractivity contribution in [1.29, 1.82) is 0 Å². The van der Waals surface area contributed by atoms with E-state index in [1.54, 1.807) is 0 Å². The maximum absolute atomic E-state index is 6.06. The summed E-state index contributed by atoms with van der Waals surface area (Å²) in [6.45, 7) is 0.707. The maximum Gasteiger partial charge on any atom is 0.119 e. The van der Waals surface area contributed by atoms with Gasteiger partial charge in [0, 0.05) is 16.4 Å². The molecule has 0 amide bonds. The van der Waals surface area contributed by atoms with Crippen molar-refractivity contribution in [3.8, 4) is 5.75 Å². The molecule has 0 saturated heterocycles. The zero-order valence-electron chi connectivity index (χ0n) is 16.5. The lowest BCUT2D eigenvalue weighted by Gasteiger charge is -2.10. The van der Waals surface area contributed by atoms with Crippen molar-refractivity contribution in [2.75, 3.05) is 31.1 Å². The van der Waals surface area contributed by atoms with Crippen molar-refractivity contribution in [3.05, 3.63) is 54.7 Å². The molecule has 0 atom stereocenters. The van der Waals surface area contributed by atoms with Crippen LogP contribution >= 0.6 is 126 Å². The molecule has 2 aliphatic heterocycles. The average molecular weight is 681 g/mol. The standard InChI is InChI=1S/C19H20Br2OS8/c1-23-14-15(24-2)28-18(27-14)19-29-16(25-3)17(30-19)26-5-4-22-13-7-11(9-20)6-12(8-13)10-21/h6-8H,4-5,9-10H2,1-3H3. The first-order valence-corrected chi connectivity index (χ1v) is 18.8. The lowest BCUT2D eigenvalue weighted by molar-refractivity contribution is 0.343. The molecular formula is C19H20Br2OS8. The van der Waals surface area contributed by atoms with Crippen molar-refractivity contribution < 1.29 is 4.74 Å². The van der Waals surface area contributed by atoms with Crippen molar-refractivity contribution in [2.24, 2.45) is 0 Å². The minimum atomic E-state index is 0.707. The van der Waals surface area contributed by atoms with Crippen molar-refractivity contribution >= 4 is 126 Å². The number of halogens is 2. The maximum atomic E-state index is 6.06. The van der Waals surface area contributed by atoms with E-state index in [1.165, 1.54) is 36.5 Å². The number of alkyl halides is 2. The molecule has 0 radical (unpaired) electrons. The Balaban J connectivity index is 1.55. The third-order valence-electron chi connectivity index (χ3n) is 3.72. The minimum Gasteiger partial charge on any atom is -0.493 e. The molecule has 0 spiro atoms. The molecule has 3 rings (SSSR count). The Kier molecular flexibility index (Phi) is 12.2. The molecule has 0 aromatic heterocycles. The second-order valence-electron chi connectivity index (χ2n) is 5.69. The fraction of sp³-hybridized carbons (Fsp3) is 0.368. The summed E-state index contributed by atoms with van der Waals surface area (Å²) < 4.78 is 14.6. The Morgan fingerprint density at radius 2 is 1.20 bits per heavy atom. The summed E-state index contributed by atoms with van der Waals surface area (Å²) in [5.41, 5.74) is 2.49. The molecule has 30 heavy (non-hydrogen) atoms. The van der Waals surface area contributed by atoms with Crippen LogP contribution in [0.5, 0.6) is 5.75 Å². The van der Waals surface area contributed by atoms with Gasteiger partial charge in [-0.1, -0.05) is 85.0 Å². The fourth-order valence-electron chi connectivity index (χ4n) is 2.44. The highest BCUT2D eigenvalue weighted by Crippen LogP contribution is 2.65. The normalized spacial score (nSPS) is 17.0. The van der Waals surface area contributed by atoms with Gasteiger partial charge in [-0.15, -0.1) is 47.0 Å². The lowest BCUT2D eigenvalue weighted by Crippen LogP contribution is -2.01. The first kappa shape index (κ1) is 26.6. The molecule has 164 valence electrons. The van der Waals surface area contributed by atoms with Gasteiger partial charge in [-0.05, 0) is 42.0 Å². The van der Waals surface area contributed by atoms with Gasteiger partial charge >= 0.3 is 0 Å². The number of benzene rings is 1. The van der Waals surface area contributed by atoms with Gasteiger partial charge in [-0.25, -0.2) is 0 Å². The summed E-state index contributed by atoms with van der Waals surface area (Å²) in [7, 11) is 0. The quantitative estimate of drug-likeness (QED) is 0.175. The highest BCUT2D eigenvalue weighted by molar-refractivity contribution is 9.08. The van der Waals surface area contributed by atoms with E-state index >= 15 is 0 Å². The van der Waals surface area contributed by atoms with Crippen LogP contribution in [0, 0.1) is 0 Å². The third-order valence-corrected chi connectivity index (χ3v) is 16.1. The van der Waals surface area contributed by atoms with Gasteiger partial charge in [0.15, 0.2) is 0 Å². The summed E-state index contributed by atoms with van der Waals surface area (Å²) in [5, 5.41) is 1.69. The van der Waals surface area contributed by atoms with E-state index in [0.29, 0.717) is 6.61 Å². The van der Waals surface area contributed by atoms with E-state index in [4.69, 9.17) is 4.74 Å². The van der Waals surface area contributed by atoms with Gasteiger partial charge in [-0.2, -0.15) is 0 Å². The van der Waals surface area contributed by atoms with E-state index in [-0.39, 0.29) is 0 Å². The Labute approximate surface area is 230 Å². The second kappa shape index (κ2) is 13.8. The van der Waals surface area contributed by atoms with E-state index in [9.17, 15) is 0 Å². The molecule has 0 saturated carbocycles. The van der Waals surface area contributed by atoms with E-state index < -0.39 is 0 Å². The van der Waals surface area contributed by atoms with Gasteiger partial charge in [0.1, 0.15) is 5.75 Å².